The standard InChI is InChI=1S/C25H32N2O7/c1-5-31-23(29)26(14-6-7-14)11-24-16-8-9-27(24)15-10-17(24)33-25(16)18(15)12(2)20(34-25)21-19(30-4)13(3)22(28)32-21/h12,14-18H,5-11H2,1-4H3/b21-20+/t12-,15-,16+,17-,18+,24+,25+/m0/s1. The Hall–Kier alpha value is -2.26. The lowest BCUT2D eigenvalue weighted by Gasteiger charge is -2.49. The van der Waals surface area contributed by atoms with E-state index >= 15 is 0 Å². The predicted molar refractivity (Wildman–Crippen MR) is 117 cm³/mol. The molecule has 7 aliphatic rings. The molecule has 6 fully saturated rings. The van der Waals surface area contributed by atoms with Crippen LogP contribution in [-0.4, -0.2) is 78.2 Å². The molecule has 1 spiro atoms. The Morgan fingerprint density at radius 2 is 2.09 bits per heavy atom. The first-order valence-electron chi connectivity index (χ1n) is 12.7. The predicted octanol–water partition coefficient (Wildman–Crippen LogP) is 2.52. The van der Waals surface area contributed by atoms with Gasteiger partial charge in [0, 0.05) is 30.5 Å². The van der Waals surface area contributed by atoms with Gasteiger partial charge in [-0.15, -0.1) is 0 Å². The van der Waals surface area contributed by atoms with Crippen molar-refractivity contribution in [2.75, 3.05) is 26.8 Å². The number of allylic oxidation sites excluding steroid dienone is 1. The Balaban J connectivity index is 1.28. The first kappa shape index (κ1) is 21.1. The number of hydrogen-bond acceptors (Lipinski definition) is 8. The van der Waals surface area contributed by atoms with Crippen LogP contribution in [0, 0.1) is 17.8 Å². The van der Waals surface area contributed by atoms with Crippen molar-refractivity contribution in [2.45, 2.75) is 76.0 Å². The molecular weight excluding hydrogens is 440 g/mol. The van der Waals surface area contributed by atoms with Gasteiger partial charge < -0.3 is 28.6 Å². The number of carbonyl (C=O) groups is 2. The van der Waals surface area contributed by atoms with E-state index < -0.39 is 11.8 Å². The quantitative estimate of drug-likeness (QED) is 0.565. The van der Waals surface area contributed by atoms with E-state index in [4.69, 9.17) is 23.7 Å². The Morgan fingerprint density at radius 1 is 1.29 bits per heavy atom. The van der Waals surface area contributed by atoms with Gasteiger partial charge in [-0.1, -0.05) is 6.92 Å². The number of methoxy groups -OCH3 is 1. The average molecular weight is 473 g/mol. The lowest BCUT2D eigenvalue weighted by Crippen LogP contribution is -2.65. The highest BCUT2D eigenvalue weighted by Crippen LogP contribution is 2.72. The van der Waals surface area contributed by atoms with Crippen molar-refractivity contribution < 1.29 is 33.3 Å². The van der Waals surface area contributed by atoms with Crippen molar-refractivity contribution in [1.82, 2.24) is 9.80 Å². The molecule has 1 saturated carbocycles. The Morgan fingerprint density at radius 3 is 2.79 bits per heavy atom. The van der Waals surface area contributed by atoms with Crippen molar-refractivity contribution in [1.29, 1.82) is 0 Å². The number of ether oxygens (including phenoxy) is 5. The third kappa shape index (κ3) is 2.28. The van der Waals surface area contributed by atoms with E-state index in [2.05, 4.69) is 11.8 Å². The van der Waals surface area contributed by atoms with Gasteiger partial charge in [0.1, 0.15) is 5.76 Å². The van der Waals surface area contributed by atoms with Crippen molar-refractivity contribution >= 4 is 12.1 Å². The van der Waals surface area contributed by atoms with Gasteiger partial charge in [-0.2, -0.15) is 0 Å². The van der Waals surface area contributed by atoms with Gasteiger partial charge in [0.05, 0.1) is 36.9 Å². The van der Waals surface area contributed by atoms with Crippen LogP contribution in [0.5, 0.6) is 0 Å². The molecule has 6 heterocycles. The third-order valence-electron chi connectivity index (χ3n) is 9.51. The maximum Gasteiger partial charge on any atom is 0.410 e. The van der Waals surface area contributed by atoms with Crippen LogP contribution in [0.4, 0.5) is 4.79 Å². The molecule has 7 rings (SSSR count). The molecule has 0 aromatic carbocycles. The van der Waals surface area contributed by atoms with Crippen molar-refractivity contribution in [3.8, 4) is 0 Å². The third-order valence-corrected chi connectivity index (χ3v) is 9.51. The molecule has 0 aromatic rings. The van der Waals surface area contributed by atoms with E-state index in [0.29, 0.717) is 42.0 Å². The summed E-state index contributed by atoms with van der Waals surface area (Å²) in [6, 6.07) is 0.568. The summed E-state index contributed by atoms with van der Waals surface area (Å²) in [5.74, 6) is 0.659. The molecule has 9 heteroatoms. The first-order chi connectivity index (χ1) is 16.4. The van der Waals surface area contributed by atoms with Gasteiger partial charge in [0.15, 0.2) is 5.76 Å². The molecule has 0 aromatic heterocycles. The van der Waals surface area contributed by atoms with E-state index in [0.717, 1.165) is 32.2 Å². The molecule has 1 aliphatic carbocycles. The second kappa shape index (κ2) is 6.69. The minimum Gasteiger partial charge on any atom is -0.492 e. The lowest BCUT2D eigenvalue weighted by atomic mass is 9.70. The van der Waals surface area contributed by atoms with E-state index in [1.165, 1.54) is 0 Å². The molecule has 6 aliphatic heterocycles. The van der Waals surface area contributed by atoms with Gasteiger partial charge in [0.2, 0.25) is 11.5 Å². The van der Waals surface area contributed by atoms with Crippen LogP contribution in [0.25, 0.3) is 0 Å². The van der Waals surface area contributed by atoms with Gasteiger partial charge >= 0.3 is 12.1 Å². The lowest BCUT2D eigenvalue weighted by molar-refractivity contribution is -0.256. The molecule has 34 heavy (non-hydrogen) atoms. The molecular formula is C25H32N2O7. The molecule has 184 valence electrons. The average Bonchev–Trinajstić information content (AvgIpc) is 3.29. The zero-order valence-electron chi connectivity index (χ0n) is 20.2. The van der Waals surface area contributed by atoms with Crippen LogP contribution in [0.1, 0.15) is 46.5 Å². The highest BCUT2D eigenvalue weighted by molar-refractivity contribution is 5.93. The van der Waals surface area contributed by atoms with Crippen LogP contribution in [0.3, 0.4) is 0 Å². The summed E-state index contributed by atoms with van der Waals surface area (Å²) in [6.07, 6.45) is 3.76. The van der Waals surface area contributed by atoms with Crippen LogP contribution in [0.2, 0.25) is 0 Å². The molecule has 0 radical (unpaired) electrons. The zero-order valence-corrected chi connectivity index (χ0v) is 20.2. The molecule has 5 saturated heterocycles. The summed E-state index contributed by atoms with van der Waals surface area (Å²) in [6.45, 7) is 7.71. The van der Waals surface area contributed by atoms with E-state index in [9.17, 15) is 9.59 Å². The summed E-state index contributed by atoms with van der Waals surface area (Å²) < 4.78 is 30.3. The number of nitrogens with zero attached hydrogens (tertiary/aromatic N) is 2. The van der Waals surface area contributed by atoms with Crippen LogP contribution in [0.15, 0.2) is 22.9 Å². The summed E-state index contributed by atoms with van der Waals surface area (Å²) in [4.78, 5) is 29.8. The highest BCUT2D eigenvalue weighted by Gasteiger charge is 2.84. The highest BCUT2D eigenvalue weighted by atomic mass is 16.7. The van der Waals surface area contributed by atoms with E-state index in [1.54, 1.807) is 14.0 Å². The molecule has 1 unspecified atom stereocenters. The van der Waals surface area contributed by atoms with Crippen LogP contribution < -0.4 is 0 Å². The van der Waals surface area contributed by atoms with E-state index in [1.807, 2.05) is 11.8 Å². The second-order valence-electron chi connectivity index (χ2n) is 10.9. The SMILES string of the molecule is CCOC(=O)N(C[C@]12[C@@H]3C[C@H]4[C@H]5[C@H](C)/C(=C6\OC(=O)C(C)=C6OC)O[C@]5(O3)[C@@H]1CCN42)C1CC1. The van der Waals surface area contributed by atoms with Crippen molar-refractivity contribution in [3.63, 3.8) is 0 Å². The van der Waals surface area contributed by atoms with Crippen molar-refractivity contribution in [2.24, 2.45) is 17.8 Å². The first-order valence-corrected chi connectivity index (χ1v) is 12.7. The van der Waals surface area contributed by atoms with Gasteiger partial charge in [0.25, 0.3) is 0 Å². The Bertz CT molecular complexity index is 1050. The minimum atomic E-state index is -0.756. The molecule has 8 atom stereocenters. The fourth-order valence-electron chi connectivity index (χ4n) is 8.21. The number of fused-ring (bicyclic) bond motifs is 1. The molecule has 9 nitrogen and oxygen atoms in total. The maximum atomic E-state index is 12.9. The summed E-state index contributed by atoms with van der Waals surface area (Å²) in [7, 11) is 1.55. The fourth-order valence-corrected chi connectivity index (χ4v) is 8.21. The topological polar surface area (TPSA) is 86.8 Å². The Kier molecular flexibility index (Phi) is 4.14. The number of rotatable bonds is 5. The second-order valence-corrected chi connectivity index (χ2v) is 10.9. The zero-order chi connectivity index (χ0) is 23.6. The summed E-state index contributed by atoms with van der Waals surface area (Å²) >= 11 is 0. The monoisotopic (exact) mass is 472 g/mol. The van der Waals surface area contributed by atoms with Gasteiger partial charge in [-0.05, 0) is 46.1 Å². The largest absolute Gasteiger partial charge is 0.492 e. The van der Waals surface area contributed by atoms with Crippen molar-refractivity contribution in [3.05, 3.63) is 22.9 Å². The number of hydrogen-bond donors (Lipinski definition) is 0. The summed E-state index contributed by atoms with van der Waals surface area (Å²) in [5, 5.41) is 0. The number of amides is 1. The fraction of sp³-hybridized carbons (Fsp3) is 0.760. The molecule has 5 bridgehead atoms. The number of esters is 1. The summed E-state index contributed by atoms with van der Waals surface area (Å²) in [5.41, 5.74) is 0.206. The number of piperidine rings is 1. The van der Waals surface area contributed by atoms with E-state index in [-0.39, 0.29) is 41.5 Å². The normalized spacial score (nSPS) is 47.2. The van der Waals surface area contributed by atoms with Gasteiger partial charge in [-0.3, -0.25) is 4.90 Å². The maximum absolute atomic E-state index is 12.9. The Labute approximate surface area is 198 Å². The molecule has 1 amide bonds. The van der Waals surface area contributed by atoms with Crippen LogP contribution >= 0.6 is 0 Å². The van der Waals surface area contributed by atoms with Gasteiger partial charge in [-0.25, -0.2) is 9.59 Å². The molecule has 0 N–H and O–H groups in total. The van der Waals surface area contributed by atoms with Crippen LogP contribution in [-0.2, 0) is 28.5 Å². The smallest absolute Gasteiger partial charge is 0.410 e. The number of carbonyl (C=O) groups excluding carboxylic acids is 2. The number of cyclic esters (lactones) is 1. The minimum absolute atomic E-state index is 0.0128.